The van der Waals surface area contributed by atoms with Gasteiger partial charge in [0.2, 0.25) is 5.91 Å². The molecule has 3 rings (SSSR count). The van der Waals surface area contributed by atoms with Crippen LogP contribution in [0.25, 0.3) is 6.08 Å². The smallest absolute Gasteiger partial charge is 0.248 e. The number of nitrogens with one attached hydrogen (secondary N) is 1. The van der Waals surface area contributed by atoms with Crippen molar-refractivity contribution in [1.82, 2.24) is 4.98 Å². The summed E-state index contributed by atoms with van der Waals surface area (Å²) < 4.78 is 0. The van der Waals surface area contributed by atoms with E-state index < -0.39 is 0 Å². The van der Waals surface area contributed by atoms with E-state index in [1.165, 1.54) is 35.0 Å². The Hall–Kier alpha value is -1.94. The number of carbonyl (C=O) groups excluding carboxylic acids is 1. The molecule has 19 heavy (non-hydrogen) atoms. The van der Waals surface area contributed by atoms with Gasteiger partial charge in [-0.3, -0.25) is 4.79 Å². The molecule has 0 radical (unpaired) electrons. The minimum absolute atomic E-state index is 0.119. The van der Waals surface area contributed by atoms with Gasteiger partial charge in [-0.15, -0.1) is 11.3 Å². The van der Waals surface area contributed by atoms with Crippen LogP contribution >= 0.6 is 11.3 Å². The van der Waals surface area contributed by atoms with Crippen LogP contribution in [0.1, 0.15) is 23.2 Å². The van der Waals surface area contributed by atoms with Crippen molar-refractivity contribution in [3.63, 3.8) is 0 Å². The molecule has 0 spiro atoms. The van der Waals surface area contributed by atoms with Crippen LogP contribution in [-0.4, -0.2) is 10.9 Å². The predicted molar refractivity (Wildman–Crippen MR) is 78.2 cm³/mol. The SMILES string of the molecule is O=C(/C=C/c1cscn1)Nc1ccc2c(c1)CCC2. The zero-order valence-electron chi connectivity index (χ0n) is 10.4. The summed E-state index contributed by atoms with van der Waals surface area (Å²) in [5, 5.41) is 4.79. The van der Waals surface area contributed by atoms with E-state index in [2.05, 4.69) is 22.4 Å². The maximum Gasteiger partial charge on any atom is 0.248 e. The van der Waals surface area contributed by atoms with Crippen LogP contribution in [0.5, 0.6) is 0 Å². The van der Waals surface area contributed by atoms with E-state index in [9.17, 15) is 4.79 Å². The van der Waals surface area contributed by atoms with Gasteiger partial charge in [-0.1, -0.05) is 6.07 Å². The number of aromatic nitrogens is 1. The fourth-order valence-electron chi connectivity index (χ4n) is 2.30. The molecule has 96 valence electrons. The van der Waals surface area contributed by atoms with Gasteiger partial charge in [0.25, 0.3) is 0 Å². The Morgan fingerprint density at radius 3 is 3.05 bits per heavy atom. The van der Waals surface area contributed by atoms with Crippen molar-refractivity contribution >= 4 is 29.0 Å². The summed E-state index contributed by atoms with van der Waals surface area (Å²) in [4.78, 5) is 15.9. The van der Waals surface area contributed by atoms with Gasteiger partial charge >= 0.3 is 0 Å². The van der Waals surface area contributed by atoms with Crippen LogP contribution in [0.4, 0.5) is 5.69 Å². The van der Waals surface area contributed by atoms with Crippen LogP contribution in [0.15, 0.2) is 35.2 Å². The molecule has 1 aliphatic carbocycles. The molecule has 1 heterocycles. The van der Waals surface area contributed by atoms with E-state index in [4.69, 9.17) is 0 Å². The Morgan fingerprint density at radius 1 is 1.32 bits per heavy atom. The number of hydrogen-bond acceptors (Lipinski definition) is 3. The number of fused-ring (bicyclic) bond motifs is 1. The molecule has 2 aromatic rings. The van der Waals surface area contributed by atoms with Gasteiger partial charge in [0.15, 0.2) is 0 Å². The molecule has 1 aromatic heterocycles. The Balaban J connectivity index is 1.66. The fraction of sp³-hybridized carbons (Fsp3) is 0.200. The Bertz CT molecular complexity index is 617. The van der Waals surface area contributed by atoms with Gasteiger partial charge in [-0.05, 0) is 48.6 Å². The third-order valence-corrected chi connectivity index (χ3v) is 3.83. The lowest BCUT2D eigenvalue weighted by Crippen LogP contribution is -2.08. The molecule has 0 saturated carbocycles. The van der Waals surface area contributed by atoms with Crippen LogP contribution < -0.4 is 5.32 Å². The second kappa shape index (κ2) is 5.36. The predicted octanol–water partition coefficient (Wildman–Crippen LogP) is 3.28. The van der Waals surface area contributed by atoms with Crippen molar-refractivity contribution < 1.29 is 4.79 Å². The van der Waals surface area contributed by atoms with Crippen molar-refractivity contribution in [1.29, 1.82) is 0 Å². The number of benzene rings is 1. The third kappa shape index (κ3) is 2.90. The molecule has 0 atom stereocenters. The lowest BCUT2D eigenvalue weighted by Gasteiger charge is -2.05. The topological polar surface area (TPSA) is 42.0 Å². The highest BCUT2D eigenvalue weighted by atomic mass is 32.1. The molecule has 1 amide bonds. The second-order valence-electron chi connectivity index (χ2n) is 4.57. The van der Waals surface area contributed by atoms with E-state index in [1.54, 1.807) is 11.6 Å². The van der Waals surface area contributed by atoms with Crippen molar-refractivity contribution in [3.05, 3.63) is 52.0 Å². The Morgan fingerprint density at radius 2 is 2.21 bits per heavy atom. The van der Waals surface area contributed by atoms with Crippen molar-refractivity contribution in [3.8, 4) is 0 Å². The maximum atomic E-state index is 11.8. The summed E-state index contributed by atoms with van der Waals surface area (Å²) in [7, 11) is 0. The Kier molecular flexibility index (Phi) is 3.42. The minimum Gasteiger partial charge on any atom is -0.323 e. The van der Waals surface area contributed by atoms with Crippen LogP contribution in [0.2, 0.25) is 0 Å². The molecular weight excluding hydrogens is 256 g/mol. The first-order valence-electron chi connectivity index (χ1n) is 6.30. The monoisotopic (exact) mass is 270 g/mol. The van der Waals surface area contributed by atoms with E-state index in [1.807, 2.05) is 11.4 Å². The number of carbonyl (C=O) groups is 1. The standard InChI is InChI=1S/C15H14N2OS/c18-15(7-6-14-9-19-10-16-14)17-13-5-4-11-2-1-3-12(11)8-13/h4-10H,1-3H2,(H,17,18)/b7-6+. The fourth-order valence-corrected chi connectivity index (χ4v) is 2.82. The lowest BCUT2D eigenvalue weighted by molar-refractivity contribution is -0.111. The molecule has 0 fully saturated rings. The molecule has 1 aromatic carbocycles. The molecule has 1 N–H and O–H groups in total. The van der Waals surface area contributed by atoms with Gasteiger partial charge in [0.1, 0.15) is 0 Å². The van der Waals surface area contributed by atoms with Crippen LogP contribution in [0.3, 0.4) is 0 Å². The summed E-state index contributed by atoms with van der Waals surface area (Å²) in [6, 6.07) is 6.16. The third-order valence-electron chi connectivity index (χ3n) is 3.22. The summed E-state index contributed by atoms with van der Waals surface area (Å²) in [5.74, 6) is -0.119. The average Bonchev–Trinajstić information content (AvgIpc) is 3.07. The normalized spacial score (nSPS) is 13.7. The number of hydrogen-bond donors (Lipinski definition) is 1. The van der Waals surface area contributed by atoms with Gasteiger partial charge in [-0.2, -0.15) is 0 Å². The largest absolute Gasteiger partial charge is 0.323 e. The summed E-state index contributed by atoms with van der Waals surface area (Å²) in [6.07, 6.45) is 6.74. The van der Waals surface area contributed by atoms with Crippen molar-refractivity contribution in [2.75, 3.05) is 5.32 Å². The molecule has 4 heteroatoms. The summed E-state index contributed by atoms with van der Waals surface area (Å²) in [5.41, 5.74) is 6.21. The second-order valence-corrected chi connectivity index (χ2v) is 5.29. The quantitative estimate of drug-likeness (QED) is 0.870. The zero-order valence-corrected chi connectivity index (χ0v) is 11.2. The molecule has 0 aliphatic heterocycles. The van der Waals surface area contributed by atoms with E-state index >= 15 is 0 Å². The van der Waals surface area contributed by atoms with E-state index in [0.29, 0.717) is 0 Å². The number of amides is 1. The lowest BCUT2D eigenvalue weighted by atomic mass is 10.1. The molecule has 0 saturated heterocycles. The number of nitrogens with zero attached hydrogens (tertiary/aromatic N) is 1. The summed E-state index contributed by atoms with van der Waals surface area (Å²) >= 11 is 1.51. The number of anilines is 1. The number of thiazole rings is 1. The molecule has 0 bridgehead atoms. The number of rotatable bonds is 3. The van der Waals surface area contributed by atoms with Gasteiger partial charge in [-0.25, -0.2) is 4.98 Å². The van der Waals surface area contributed by atoms with Gasteiger partial charge < -0.3 is 5.32 Å². The maximum absolute atomic E-state index is 11.8. The number of aryl methyl sites for hydroxylation is 2. The Labute approximate surface area is 116 Å². The first-order valence-corrected chi connectivity index (χ1v) is 7.24. The van der Waals surface area contributed by atoms with E-state index in [-0.39, 0.29) is 5.91 Å². The van der Waals surface area contributed by atoms with Gasteiger partial charge in [0.05, 0.1) is 11.2 Å². The highest BCUT2D eigenvalue weighted by molar-refractivity contribution is 7.07. The van der Waals surface area contributed by atoms with Crippen LogP contribution in [-0.2, 0) is 17.6 Å². The van der Waals surface area contributed by atoms with Crippen LogP contribution in [0, 0.1) is 0 Å². The van der Waals surface area contributed by atoms with E-state index in [0.717, 1.165) is 24.2 Å². The van der Waals surface area contributed by atoms with Crippen molar-refractivity contribution in [2.45, 2.75) is 19.3 Å². The first-order chi connectivity index (χ1) is 9.31. The average molecular weight is 270 g/mol. The molecule has 3 nitrogen and oxygen atoms in total. The highest BCUT2D eigenvalue weighted by Crippen LogP contribution is 2.24. The first kappa shape index (κ1) is 12.1. The zero-order chi connectivity index (χ0) is 13.1. The molecule has 0 unspecified atom stereocenters. The van der Waals surface area contributed by atoms with Gasteiger partial charge in [0, 0.05) is 17.1 Å². The van der Waals surface area contributed by atoms with Crippen molar-refractivity contribution in [2.24, 2.45) is 0 Å². The highest BCUT2D eigenvalue weighted by Gasteiger charge is 2.11. The summed E-state index contributed by atoms with van der Waals surface area (Å²) in [6.45, 7) is 0. The molecular formula is C15H14N2OS. The minimum atomic E-state index is -0.119. The molecule has 1 aliphatic rings.